The fourth-order valence-corrected chi connectivity index (χ4v) is 22.4. The Morgan fingerprint density at radius 3 is 2.54 bits per heavy atom. The van der Waals surface area contributed by atoms with E-state index < -0.39 is 83.0 Å². The van der Waals surface area contributed by atoms with Gasteiger partial charge in [-0.1, -0.05) is 94.0 Å². The molecule has 1 spiro atoms. The number of dihydropyridines is 2. The zero-order valence-electron chi connectivity index (χ0n) is 55.5. The van der Waals surface area contributed by atoms with Crippen LogP contribution in [-0.2, 0) is 29.0 Å². The number of rotatable bonds is 10. The number of hydrogen-bond donors (Lipinski definition) is 11. The van der Waals surface area contributed by atoms with E-state index >= 15 is 4.79 Å². The zero-order valence-corrected chi connectivity index (χ0v) is 55.5. The number of aliphatic hydroxyl groups is 5. The van der Waals surface area contributed by atoms with Crippen LogP contribution < -0.4 is 31.8 Å². The van der Waals surface area contributed by atoms with E-state index in [-0.39, 0.29) is 99.9 Å². The van der Waals surface area contributed by atoms with Crippen LogP contribution in [0.15, 0.2) is 121 Å². The Bertz CT molecular complexity index is 4050. The number of carbonyl (C=O) groups is 1. The molecule has 16 nitrogen and oxygen atoms in total. The lowest BCUT2D eigenvalue weighted by atomic mass is 9.54. The van der Waals surface area contributed by atoms with Crippen LogP contribution in [0.5, 0.6) is 17.2 Å². The van der Waals surface area contributed by atoms with Crippen LogP contribution in [0.1, 0.15) is 211 Å². The van der Waals surface area contributed by atoms with Gasteiger partial charge in [0.25, 0.3) is 0 Å². The summed E-state index contributed by atoms with van der Waals surface area (Å²) < 4.78 is 22.2. The number of fused-ring (bicyclic) bond motifs is 14. The van der Waals surface area contributed by atoms with Crippen LogP contribution in [0.25, 0.3) is 11.0 Å². The Hall–Kier alpha value is -6.66. The Kier molecular flexibility index (Phi) is 15.8. The van der Waals surface area contributed by atoms with Crippen LogP contribution in [0, 0.1) is 46.8 Å². The topological polar surface area (TPSA) is 269 Å². The molecule has 95 heavy (non-hydrogen) atoms. The summed E-state index contributed by atoms with van der Waals surface area (Å²) in [5.74, 6) is -2.76. The molecule has 6 heterocycles. The molecule has 12 aliphatic rings. The van der Waals surface area contributed by atoms with Crippen molar-refractivity contribution in [1.29, 1.82) is 0 Å². The van der Waals surface area contributed by atoms with Gasteiger partial charge in [-0.2, -0.15) is 0 Å². The maximum Gasteiger partial charge on any atom is 0.337 e. The molecule has 17 unspecified atom stereocenters. The van der Waals surface area contributed by atoms with Crippen molar-refractivity contribution in [3.63, 3.8) is 0 Å². The average molecular weight is 1290 g/mol. The van der Waals surface area contributed by atoms with Crippen molar-refractivity contribution in [3.8, 4) is 17.2 Å². The summed E-state index contributed by atoms with van der Waals surface area (Å²) in [7, 11) is 0. The number of aliphatic hydroxyl groups excluding tert-OH is 4. The lowest BCUT2D eigenvalue weighted by Crippen LogP contribution is -2.60. The Labute approximate surface area is 556 Å². The first-order valence-electron chi connectivity index (χ1n) is 36.1. The molecule has 5 aliphatic heterocycles. The molecule has 4 fully saturated rings. The number of benzene rings is 3. The molecule has 0 saturated heterocycles. The van der Waals surface area contributed by atoms with Gasteiger partial charge in [-0.05, 0) is 218 Å². The molecule has 1 aromatic heterocycles. The van der Waals surface area contributed by atoms with Gasteiger partial charge in [0, 0.05) is 60.2 Å². The molecule has 17 atom stereocenters. The highest BCUT2D eigenvalue weighted by Gasteiger charge is 2.63. The minimum absolute atomic E-state index is 0.00943. The molecule has 6 bridgehead atoms. The number of ether oxygens (including phenoxy) is 2. The maximum absolute atomic E-state index is 16.3. The van der Waals surface area contributed by atoms with Gasteiger partial charge < -0.3 is 66.0 Å². The van der Waals surface area contributed by atoms with Crippen molar-refractivity contribution >= 4 is 16.9 Å². The summed E-state index contributed by atoms with van der Waals surface area (Å²) in [6.45, 7) is 7.57. The summed E-state index contributed by atoms with van der Waals surface area (Å²) in [5.41, 5.74) is 14.5. The van der Waals surface area contributed by atoms with Crippen LogP contribution in [-0.4, -0.2) is 90.5 Å². The SMILES string of the molecule is CC=C(C(=O)OC1Cc2c3c(c4oc(CO)cc(=O)c4c2O)C2C4=CCNC(N)=C4C(C4CCC5=C6C=CC(C)NC6NC=C5CC4C1(C)O3)C1(CCCC1)Cc1ccc(O)cc1C2CO)C1(O)CC2CC1CC1CC(CC(O)CC(C)C3CCCC3)C(O)c3cccc2c31. The standard InChI is InChI=1S/C79H96N4O12/c1-5-60(79(92)35-45-28-47(79)27-43-26-44(70(89)56-14-10-13-52(45)64(43)56)29-49(87)25-39(2)41-11-6-7-12-41)76(91)94-63-33-58-71(90)67-62(88)32-50(37-84)93-73(67)68-65-55-21-24-81-74(80)66(55)69(78(22-8-9-23-78)34-42-16-17-48(86)31-57(42)59(65)38-85)54-20-19-51-46(30-61(54)77(63,4)95-72(58)68)36-82-75-53(51)18-15-40(3)83-75/h5,10,13-18,21,31-32,36,39-41,43-45,47,49,54,59,61,63,65,69-70,75,81-87,89-90,92H,6-9,11-12,19-20,22-30,33-35,37-38,80H2,1-4H3. The first-order chi connectivity index (χ1) is 45.8. The molecular weight excluding hydrogens is 1200 g/mol. The lowest BCUT2D eigenvalue weighted by Gasteiger charge is -2.55. The average Bonchev–Trinajstić information content (AvgIpc) is 1.65. The third-order valence-electron chi connectivity index (χ3n) is 26.6. The van der Waals surface area contributed by atoms with Crippen molar-refractivity contribution in [2.45, 2.75) is 222 Å². The minimum Gasteiger partial charge on any atom is -0.508 e. The number of allylic oxidation sites excluding steroid dienone is 5. The van der Waals surface area contributed by atoms with E-state index in [1.807, 2.05) is 12.1 Å². The summed E-state index contributed by atoms with van der Waals surface area (Å²) in [5, 5.41) is 96.8. The monoisotopic (exact) mass is 1290 g/mol. The van der Waals surface area contributed by atoms with Gasteiger partial charge in [0.05, 0.1) is 30.0 Å². The molecule has 3 aromatic carbocycles. The van der Waals surface area contributed by atoms with Gasteiger partial charge >= 0.3 is 5.97 Å². The normalized spacial score (nSPS) is 34.8. The van der Waals surface area contributed by atoms with E-state index in [0.29, 0.717) is 87.6 Å². The van der Waals surface area contributed by atoms with Gasteiger partial charge in [-0.15, -0.1) is 0 Å². The third kappa shape index (κ3) is 9.99. The van der Waals surface area contributed by atoms with Crippen LogP contribution in [0.4, 0.5) is 0 Å². The first kappa shape index (κ1) is 63.1. The van der Waals surface area contributed by atoms with Gasteiger partial charge in [-0.3, -0.25) is 10.1 Å². The first-order valence-corrected chi connectivity index (χ1v) is 36.1. The van der Waals surface area contributed by atoms with E-state index in [2.05, 4.69) is 73.3 Å². The molecular formula is C79H96N4O12. The number of esters is 1. The second-order valence-corrected chi connectivity index (χ2v) is 31.5. The van der Waals surface area contributed by atoms with Crippen LogP contribution in [0.3, 0.4) is 0 Å². The number of nitrogens with two attached hydrogens (primary N) is 1. The molecule has 0 radical (unpaired) electrons. The smallest absolute Gasteiger partial charge is 0.337 e. The molecule has 7 aliphatic carbocycles. The summed E-state index contributed by atoms with van der Waals surface area (Å²) in [6.07, 6.45) is 22.2. The van der Waals surface area contributed by atoms with E-state index in [4.69, 9.17) is 19.6 Å². The largest absolute Gasteiger partial charge is 0.508 e. The molecule has 4 aromatic rings. The number of nitrogens with one attached hydrogen (secondary N) is 3. The van der Waals surface area contributed by atoms with Gasteiger partial charge in [0.2, 0.25) is 0 Å². The number of aromatic hydroxyl groups is 2. The molecule has 16 heteroatoms. The zero-order chi connectivity index (χ0) is 65.7. The molecule has 16 rings (SSSR count). The summed E-state index contributed by atoms with van der Waals surface area (Å²) in [4.78, 5) is 31.3. The minimum atomic E-state index is -1.63. The highest BCUT2D eigenvalue weighted by molar-refractivity contribution is 5.93. The fraction of sp³-hybridized carbons (Fsp3) is 0.570. The van der Waals surface area contributed by atoms with E-state index in [1.54, 1.807) is 25.1 Å². The van der Waals surface area contributed by atoms with Gasteiger partial charge in [0.1, 0.15) is 64.3 Å². The Balaban J connectivity index is 0.861. The Morgan fingerprint density at radius 2 is 1.76 bits per heavy atom. The number of carbonyl (C=O) groups excluding carboxylic acids is 1. The van der Waals surface area contributed by atoms with Gasteiger partial charge in [-0.25, -0.2) is 4.79 Å². The molecule has 4 saturated carbocycles. The van der Waals surface area contributed by atoms with E-state index in [1.165, 1.54) is 42.9 Å². The predicted octanol–water partition coefficient (Wildman–Crippen LogP) is 11.1. The molecule has 0 amide bonds. The Morgan fingerprint density at radius 1 is 0.968 bits per heavy atom. The van der Waals surface area contributed by atoms with Crippen LogP contribution in [0.2, 0.25) is 0 Å². The lowest BCUT2D eigenvalue weighted by molar-refractivity contribution is -0.173. The predicted molar refractivity (Wildman–Crippen MR) is 361 cm³/mol. The fourth-order valence-electron chi connectivity index (χ4n) is 22.4. The van der Waals surface area contributed by atoms with E-state index in [9.17, 15) is 40.5 Å². The molecule has 504 valence electrons. The summed E-state index contributed by atoms with van der Waals surface area (Å²) in [6, 6.07) is 13.1. The molecule has 12 N–H and O–H groups in total. The second-order valence-electron chi connectivity index (χ2n) is 31.5. The van der Waals surface area contributed by atoms with Crippen molar-refractivity contribution in [3.05, 3.63) is 167 Å². The van der Waals surface area contributed by atoms with Crippen molar-refractivity contribution in [2.24, 2.45) is 52.6 Å². The van der Waals surface area contributed by atoms with E-state index in [0.717, 1.165) is 70.2 Å². The number of phenolic OH excluding ortho intramolecular Hbond substituents is 2. The van der Waals surface area contributed by atoms with Crippen molar-refractivity contribution < 1.29 is 54.4 Å². The van der Waals surface area contributed by atoms with Crippen molar-refractivity contribution in [1.82, 2.24) is 16.0 Å². The summed E-state index contributed by atoms with van der Waals surface area (Å²) >= 11 is 0. The second kappa shape index (κ2) is 23.8. The highest BCUT2D eigenvalue weighted by atomic mass is 16.6. The highest BCUT2D eigenvalue weighted by Crippen LogP contribution is 2.67. The third-order valence-corrected chi connectivity index (χ3v) is 26.6. The van der Waals surface area contributed by atoms with Gasteiger partial charge in [0.15, 0.2) is 5.43 Å². The number of phenols is 2. The van der Waals surface area contributed by atoms with Crippen molar-refractivity contribution in [2.75, 3.05) is 13.2 Å². The number of hydrogen-bond acceptors (Lipinski definition) is 16. The maximum atomic E-state index is 16.3. The quantitative estimate of drug-likeness (QED) is 0.0521. The van der Waals surface area contributed by atoms with Crippen LogP contribution >= 0.6 is 0 Å².